The summed E-state index contributed by atoms with van der Waals surface area (Å²) in [6, 6.07) is 18.4. The van der Waals surface area contributed by atoms with E-state index in [1.807, 2.05) is 41.0 Å². The predicted octanol–water partition coefficient (Wildman–Crippen LogP) is 5.43. The van der Waals surface area contributed by atoms with E-state index in [2.05, 4.69) is 15.0 Å². The van der Waals surface area contributed by atoms with E-state index < -0.39 is 6.36 Å². The minimum Gasteiger partial charge on any atom is -0.406 e. The molecule has 0 aliphatic heterocycles. The van der Waals surface area contributed by atoms with E-state index in [-0.39, 0.29) is 11.7 Å². The molecule has 0 bridgehead atoms. The van der Waals surface area contributed by atoms with Crippen LogP contribution < -0.4 is 10.1 Å². The minimum atomic E-state index is -4.76. The van der Waals surface area contributed by atoms with Gasteiger partial charge in [-0.15, -0.1) is 13.2 Å². The lowest BCUT2D eigenvalue weighted by Crippen LogP contribution is -2.18. The third-order valence-electron chi connectivity index (χ3n) is 4.76. The van der Waals surface area contributed by atoms with Crippen molar-refractivity contribution in [2.24, 2.45) is 0 Å². The van der Waals surface area contributed by atoms with Gasteiger partial charge in [-0.25, -0.2) is 0 Å². The van der Waals surface area contributed by atoms with Crippen LogP contribution in [0.2, 0.25) is 0 Å². The average molecular weight is 425 g/mol. The van der Waals surface area contributed by atoms with Crippen LogP contribution in [0.3, 0.4) is 0 Å². The van der Waals surface area contributed by atoms with Crippen LogP contribution in [0, 0.1) is 0 Å². The van der Waals surface area contributed by atoms with Gasteiger partial charge in [0.15, 0.2) is 0 Å². The van der Waals surface area contributed by atoms with Crippen LogP contribution in [-0.4, -0.2) is 21.8 Å². The number of alkyl halides is 3. The maximum atomic E-state index is 13.0. The van der Waals surface area contributed by atoms with E-state index in [1.54, 1.807) is 18.5 Å². The fraction of sp³-hybridized carbons (Fsp3) is 0.130. The van der Waals surface area contributed by atoms with Crippen LogP contribution >= 0.6 is 0 Å². The molecule has 1 N–H and O–H groups in total. The first kappa shape index (κ1) is 20.5. The Morgan fingerprint density at radius 2 is 1.71 bits per heavy atom. The monoisotopic (exact) mass is 425 g/mol. The van der Waals surface area contributed by atoms with E-state index in [1.165, 1.54) is 12.1 Å². The summed E-state index contributed by atoms with van der Waals surface area (Å²) in [5.41, 5.74) is 2.85. The van der Waals surface area contributed by atoms with Crippen LogP contribution in [0.4, 0.5) is 18.9 Å². The number of aryl methyl sites for hydroxylation is 2. The van der Waals surface area contributed by atoms with E-state index >= 15 is 0 Å². The number of aromatic nitrogens is 2. The molecule has 0 unspecified atom stereocenters. The SMILES string of the molecule is O=C(Nc1ccc(OC(F)(F)F)cc1)c1cc2ccccc2n1CCc1ccncc1. The number of hydrogen-bond donors (Lipinski definition) is 1. The molecular weight excluding hydrogens is 407 g/mol. The Morgan fingerprint density at radius 3 is 2.42 bits per heavy atom. The molecule has 2 aromatic heterocycles. The molecule has 4 aromatic rings. The summed E-state index contributed by atoms with van der Waals surface area (Å²) in [5, 5.41) is 3.67. The summed E-state index contributed by atoms with van der Waals surface area (Å²) in [6.45, 7) is 0.582. The molecule has 0 spiro atoms. The Kier molecular flexibility index (Phi) is 5.62. The highest BCUT2D eigenvalue weighted by Crippen LogP contribution is 2.25. The summed E-state index contributed by atoms with van der Waals surface area (Å²) in [6.07, 6.45) is -0.600. The highest BCUT2D eigenvalue weighted by atomic mass is 19.4. The fourth-order valence-electron chi connectivity index (χ4n) is 3.36. The topological polar surface area (TPSA) is 56.1 Å². The number of para-hydroxylation sites is 1. The molecule has 4 rings (SSSR count). The number of carbonyl (C=O) groups excluding carboxylic acids is 1. The number of anilines is 1. The largest absolute Gasteiger partial charge is 0.573 e. The average Bonchev–Trinajstić information content (AvgIpc) is 3.12. The number of carbonyl (C=O) groups is 1. The van der Waals surface area contributed by atoms with Crippen molar-refractivity contribution in [3.8, 4) is 5.75 Å². The standard InChI is InChI=1S/C23H18F3N3O2/c24-23(25,26)31-19-7-5-18(6-8-19)28-22(30)21-15-17-3-1-2-4-20(17)29(21)14-11-16-9-12-27-13-10-16/h1-10,12-13,15H,11,14H2,(H,28,30). The molecule has 2 aromatic carbocycles. The summed E-state index contributed by atoms with van der Waals surface area (Å²) in [4.78, 5) is 17.0. The number of nitrogens with one attached hydrogen (secondary N) is 1. The highest BCUT2D eigenvalue weighted by molar-refractivity contribution is 6.06. The van der Waals surface area contributed by atoms with Crippen molar-refractivity contribution in [2.45, 2.75) is 19.3 Å². The Labute approximate surface area is 176 Å². The lowest BCUT2D eigenvalue weighted by molar-refractivity contribution is -0.274. The van der Waals surface area contributed by atoms with Gasteiger partial charge in [0.1, 0.15) is 11.4 Å². The zero-order valence-electron chi connectivity index (χ0n) is 16.3. The van der Waals surface area contributed by atoms with Crippen molar-refractivity contribution in [1.82, 2.24) is 9.55 Å². The second-order valence-electron chi connectivity index (χ2n) is 6.87. The van der Waals surface area contributed by atoms with Crippen molar-refractivity contribution in [3.63, 3.8) is 0 Å². The van der Waals surface area contributed by atoms with Crippen LogP contribution in [0.1, 0.15) is 16.1 Å². The highest BCUT2D eigenvalue weighted by Gasteiger charge is 2.31. The summed E-state index contributed by atoms with van der Waals surface area (Å²) >= 11 is 0. The van der Waals surface area contributed by atoms with Crippen molar-refractivity contribution in [1.29, 1.82) is 0 Å². The number of benzene rings is 2. The summed E-state index contributed by atoms with van der Waals surface area (Å²) in [7, 11) is 0. The quantitative estimate of drug-likeness (QED) is 0.448. The third kappa shape index (κ3) is 5.03. The minimum absolute atomic E-state index is 0.350. The van der Waals surface area contributed by atoms with E-state index in [0.29, 0.717) is 24.3 Å². The van der Waals surface area contributed by atoms with E-state index in [4.69, 9.17) is 0 Å². The van der Waals surface area contributed by atoms with Gasteiger partial charge >= 0.3 is 6.36 Å². The Balaban J connectivity index is 1.56. The lowest BCUT2D eigenvalue weighted by atomic mass is 10.2. The van der Waals surface area contributed by atoms with Gasteiger partial charge in [-0.2, -0.15) is 0 Å². The lowest BCUT2D eigenvalue weighted by Gasteiger charge is -2.12. The normalized spacial score (nSPS) is 11.5. The zero-order chi connectivity index (χ0) is 21.8. The van der Waals surface area contributed by atoms with Gasteiger partial charge in [-0.3, -0.25) is 9.78 Å². The number of halogens is 3. The van der Waals surface area contributed by atoms with Gasteiger partial charge in [-0.1, -0.05) is 18.2 Å². The van der Waals surface area contributed by atoms with Gasteiger partial charge in [0.25, 0.3) is 5.91 Å². The molecule has 0 aliphatic rings. The number of ether oxygens (including phenoxy) is 1. The van der Waals surface area contributed by atoms with Crippen LogP contribution in [-0.2, 0) is 13.0 Å². The summed E-state index contributed by atoms with van der Waals surface area (Å²) in [5.74, 6) is -0.701. The maximum absolute atomic E-state index is 13.0. The number of hydrogen-bond acceptors (Lipinski definition) is 3. The first-order valence-electron chi connectivity index (χ1n) is 9.53. The zero-order valence-corrected chi connectivity index (χ0v) is 16.3. The van der Waals surface area contributed by atoms with Crippen molar-refractivity contribution in [3.05, 3.63) is 90.4 Å². The number of fused-ring (bicyclic) bond motifs is 1. The molecule has 1 amide bonds. The number of amides is 1. The van der Waals surface area contributed by atoms with Crippen molar-refractivity contribution in [2.75, 3.05) is 5.32 Å². The number of rotatable bonds is 6. The van der Waals surface area contributed by atoms with Gasteiger partial charge in [0.05, 0.1) is 0 Å². The van der Waals surface area contributed by atoms with Crippen molar-refractivity contribution < 1.29 is 22.7 Å². The predicted molar refractivity (Wildman–Crippen MR) is 111 cm³/mol. The van der Waals surface area contributed by atoms with Crippen molar-refractivity contribution >= 4 is 22.5 Å². The van der Waals surface area contributed by atoms with Crippen LogP contribution in [0.25, 0.3) is 10.9 Å². The van der Waals surface area contributed by atoms with Crippen LogP contribution in [0.5, 0.6) is 5.75 Å². The Hall–Kier alpha value is -3.81. The van der Waals surface area contributed by atoms with E-state index in [0.717, 1.165) is 28.6 Å². The smallest absolute Gasteiger partial charge is 0.406 e. The van der Waals surface area contributed by atoms with E-state index in [9.17, 15) is 18.0 Å². The van der Waals surface area contributed by atoms with Gasteiger partial charge < -0.3 is 14.6 Å². The Morgan fingerprint density at radius 1 is 1.00 bits per heavy atom. The first-order chi connectivity index (χ1) is 14.9. The molecule has 0 atom stereocenters. The molecule has 0 fully saturated rings. The fourth-order valence-corrected chi connectivity index (χ4v) is 3.36. The molecule has 5 nitrogen and oxygen atoms in total. The molecule has 0 radical (unpaired) electrons. The molecule has 0 aliphatic carbocycles. The molecule has 0 saturated heterocycles. The second kappa shape index (κ2) is 8.51. The van der Waals surface area contributed by atoms with Crippen LogP contribution in [0.15, 0.2) is 79.1 Å². The third-order valence-corrected chi connectivity index (χ3v) is 4.76. The summed E-state index contributed by atoms with van der Waals surface area (Å²) < 4.78 is 42.7. The van der Waals surface area contributed by atoms with Gasteiger partial charge in [-0.05, 0) is 60.5 Å². The maximum Gasteiger partial charge on any atom is 0.573 e. The first-order valence-corrected chi connectivity index (χ1v) is 9.53. The second-order valence-corrected chi connectivity index (χ2v) is 6.87. The molecule has 31 heavy (non-hydrogen) atoms. The van der Waals surface area contributed by atoms with Gasteiger partial charge in [0.2, 0.25) is 0 Å². The molecule has 2 heterocycles. The number of pyridine rings is 1. The number of nitrogens with zero attached hydrogens (tertiary/aromatic N) is 2. The van der Waals surface area contributed by atoms with Gasteiger partial charge in [0, 0.05) is 35.5 Å². The molecule has 0 saturated carbocycles. The molecule has 158 valence electrons. The molecular formula is C23H18F3N3O2. The Bertz CT molecular complexity index is 1190. The molecule has 8 heteroatoms.